The summed E-state index contributed by atoms with van der Waals surface area (Å²) in [4.78, 5) is 4.06. The average molecular weight is 262 g/mol. The molecule has 1 unspecified atom stereocenters. The summed E-state index contributed by atoms with van der Waals surface area (Å²) >= 11 is 0. The Morgan fingerprint density at radius 3 is 2.68 bits per heavy atom. The van der Waals surface area contributed by atoms with Crippen molar-refractivity contribution in [2.24, 2.45) is 0 Å². The van der Waals surface area contributed by atoms with Gasteiger partial charge in [0.25, 0.3) is 0 Å². The van der Waals surface area contributed by atoms with Crippen LogP contribution >= 0.6 is 0 Å². The van der Waals surface area contributed by atoms with Gasteiger partial charge in [0, 0.05) is 17.7 Å². The molecule has 0 aliphatic rings. The first-order chi connectivity index (χ1) is 9.10. The van der Waals surface area contributed by atoms with Crippen molar-refractivity contribution in [3.05, 3.63) is 47.9 Å². The number of benzene rings is 1. The normalized spacial score (nSPS) is 11.9. The number of phenolic OH excluding ortho intramolecular Hbond substituents is 1. The minimum atomic E-state index is -0.443. The lowest BCUT2D eigenvalue weighted by atomic mass is 10.1. The number of methoxy groups -OCH3 is 1. The van der Waals surface area contributed by atoms with Crippen LogP contribution in [0.1, 0.15) is 18.5 Å². The van der Waals surface area contributed by atoms with E-state index in [1.807, 2.05) is 6.92 Å². The number of hydrogen-bond acceptors (Lipinski definition) is 4. The van der Waals surface area contributed by atoms with Crippen molar-refractivity contribution in [2.75, 3.05) is 12.4 Å². The number of nitrogens with zero attached hydrogens (tertiary/aromatic N) is 1. The highest BCUT2D eigenvalue weighted by Crippen LogP contribution is 2.24. The molecule has 2 N–H and O–H groups in total. The molecule has 1 heterocycles. The molecule has 100 valence electrons. The molecule has 5 heteroatoms. The SMILES string of the molecule is COc1ccc(NC(C)c2ccc(O)cc2F)cn1. The van der Waals surface area contributed by atoms with Crippen LogP contribution in [0.2, 0.25) is 0 Å². The van der Waals surface area contributed by atoms with E-state index in [9.17, 15) is 9.50 Å². The van der Waals surface area contributed by atoms with Crippen molar-refractivity contribution in [3.63, 3.8) is 0 Å². The second-order valence-electron chi connectivity index (χ2n) is 4.16. The summed E-state index contributed by atoms with van der Waals surface area (Å²) in [5.74, 6) is -0.00458. The highest BCUT2D eigenvalue weighted by Gasteiger charge is 2.11. The minimum absolute atomic E-state index is 0.0837. The van der Waals surface area contributed by atoms with E-state index in [-0.39, 0.29) is 11.8 Å². The van der Waals surface area contributed by atoms with Crippen LogP contribution in [-0.2, 0) is 0 Å². The Labute approximate surface area is 110 Å². The van der Waals surface area contributed by atoms with Gasteiger partial charge in [-0.3, -0.25) is 0 Å². The number of hydrogen-bond donors (Lipinski definition) is 2. The molecule has 1 aromatic carbocycles. The number of ether oxygens (including phenoxy) is 1. The van der Waals surface area contributed by atoms with E-state index in [4.69, 9.17) is 4.74 Å². The smallest absolute Gasteiger partial charge is 0.213 e. The van der Waals surface area contributed by atoms with E-state index < -0.39 is 5.82 Å². The van der Waals surface area contributed by atoms with Crippen LogP contribution in [0.15, 0.2) is 36.5 Å². The van der Waals surface area contributed by atoms with E-state index in [1.165, 1.54) is 6.07 Å². The molecule has 0 aliphatic carbocycles. The number of anilines is 1. The lowest BCUT2D eigenvalue weighted by Crippen LogP contribution is -2.08. The second kappa shape index (κ2) is 5.56. The van der Waals surface area contributed by atoms with E-state index in [0.717, 1.165) is 11.8 Å². The summed E-state index contributed by atoms with van der Waals surface area (Å²) in [6.45, 7) is 1.83. The number of pyridine rings is 1. The molecular formula is C14H15FN2O2. The molecule has 0 fully saturated rings. The maximum Gasteiger partial charge on any atom is 0.213 e. The molecule has 1 aromatic heterocycles. The van der Waals surface area contributed by atoms with Crippen LogP contribution < -0.4 is 10.1 Å². The lowest BCUT2D eigenvalue weighted by molar-refractivity contribution is 0.398. The molecule has 1 atom stereocenters. The molecule has 0 amide bonds. The summed E-state index contributed by atoms with van der Waals surface area (Å²) < 4.78 is 18.7. The summed E-state index contributed by atoms with van der Waals surface area (Å²) in [5, 5.41) is 12.3. The molecule has 0 spiro atoms. The van der Waals surface area contributed by atoms with Gasteiger partial charge >= 0.3 is 0 Å². The summed E-state index contributed by atoms with van der Waals surface area (Å²) in [6.07, 6.45) is 1.62. The van der Waals surface area contributed by atoms with Crippen molar-refractivity contribution in [3.8, 4) is 11.6 Å². The van der Waals surface area contributed by atoms with Gasteiger partial charge < -0.3 is 15.2 Å². The van der Waals surface area contributed by atoms with Crippen LogP contribution in [0.25, 0.3) is 0 Å². The van der Waals surface area contributed by atoms with E-state index >= 15 is 0 Å². The number of nitrogens with one attached hydrogen (secondary N) is 1. The molecule has 0 aliphatic heterocycles. The predicted molar refractivity (Wildman–Crippen MR) is 70.9 cm³/mol. The zero-order valence-electron chi connectivity index (χ0n) is 10.7. The van der Waals surface area contributed by atoms with Gasteiger partial charge in [0.2, 0.25) is 5.88 Å². The number of halogens is 1. The Hall–Kier alpha value is -2.30. The molecule has 0 saturated carbocycles. The lowest BCUT2D eigenvalue weighted by Gasteiger charge is -2.16. The molecule has 4 nitrogen and oxygen atoms in total. The maximum absolute atomic E-state index is 13.7. The third kappa shape index (κ3) is 3.13. The number of phenols is 1. The largest absolute Gasteiger partial charge is 0.508 e. The van der Waals surface area contributed by atoms with E-state index in [0.29, 0.717) is 11.4 Å². The zero-order valence-corrected chi connectivity index (χ0v) is 10.7. The third-order valence-corrected chi connectivity index (χ3v) is 2.78. The van der Waals surface area contributed by atoms with Crippen LogP contribution in [0.5, 0.6) is 11.6 Å². The van der Waals surface area contributed by atoms with Crippen molar-refractivity contribution in [1.82, 2.24) is 4.98 Å². The van der Waals surface area contributed by atoms with Crippen molar-refractivity contribution in [1.29, 1.82) is 0 Å². The van der Waals surface area contributed by atoms with Crippen LogP contribution in [0, 0.1) is 5.82 Å². The quantitative estimate of drug-likeness (QED) is 0.889. The Morgan fingerprint density at radius 1 is 1.32 bits per heavy atom. The highest BCUT2D eigenvalue weighted by atomic mass is 19.1. The number of rotatable bonds is 4. The maximum atomic E-state index is 13.7. The van der Waals surface area contributed by atoms with Gasteiger partial charge in [-0.05, 0) is 19.1 Å². The van der Waals surface area contributed by atoms with Gasteiger partial charge in [-0.1, -0.05) is 6.07 Å². The number of aromatic nitrogens is 1. The average Bonchev–Trinajstić information content (AvgIpc) is 2.39. The van der Waals surface area contributed by atoms with Crippen molar-refractivity contribution < 1.29 is 14.2 Å². The third-order valence-electron chi connectivity index (χ3n) is 2.78. The Morgan fingerprint density at radius 2 is 2.11 bits per heavy atom. The Balaban J connectivity index is 2.13. The minimum Gasteiger partial charge on any atom is -0.508 e. The fraction of sp³-hybridized carbons (Fsp3) is 0.214. The van der Waals surface area contributed by atoms with Crippen molar-refractivity contribution in [2.45, 2.75) is 13.0 Å². The molecule has 0 saturated heterocycles. The van der Waals surface area contributed by atoms with Gasteiger partial charge in [0.05, 0.1) is 25.0 Å². The zero-order chi connectivity index (χ0) is 13.8. The highest BCUT2D eigenvalue weighted by molar-refractivity contribution is 5.45. The van der Waals surface area contributed by atoms with E-state index in [1.54, 1.807) is 31.5 Å². The molecule has 0 radical (unpaired) electrons. The first kappa shape index (κ1) is 13.1. The van der Waals surface area contributed by atoms with Crippen LogP contribution in [-0.4, -0.2) is 17.2 Å². The summed E-state index contributed by atoms with van der Waals surface area (Å²) in [6, 6.07) is 7.40. The van der Waals surface area contributed by atoms with Crippen LogP contribution in [0.3, 0.4) is 0 Å². The van der Waals surface area contributed by atoms with E-state index in [2.05, 4.69) is 10.3 Å². The molecule has 0 bridgehead atoms. The van der Waals surface area contributed by atoms with Gasteiger partial charge in [-0.25, -0.2) is 9.37 Å². The predicted octanol–water partition coefficient (Wildman–Crippen LogP) is 3.11. The monoisotopic (exact) mass is 262 g/mol. The van der Waals surface area contributed by atoms with Gasteiger partial charge in [-0.2, -0.15) is 0 Å². The topological polar surface area (TPSA) is 54.4 Å². The van der Waals surface area contributed by atoms with Crippen LogP contribution in [0.4, 0.5) is 10.1 Å². The number of aromatic hydroxyl groups is 1. The van der Waals surface area contributed by atoms with Gasteiger partial charge in [0.15, 0.2) is 0 Å². The fourth-order valence-electron chi connectivity index (χ4n) is 1.78. The van der Waals surface area contributed by atoms with Crippen molar-refractivity contribution >= 4 is 5.69 Å². The molecule has 2 rings (SSSR count). The fourth-order valence-corrected chi connectivity index (χ4v) is 1.78. The van der Waals surface area contributed by atoms with Gasteiger partial charge in [0.1, 0.15) is 11.6 Å². The molecular weight excluding hydrogens is 247 g/mol. The Kier molecular flexibility index (Phi) is 3.85. The second-order valence-corrected chi connectivity index (χ2v) is 4.16. The summed E-state index contributed by atoms with van der Waals surface area (Å²) in [7, 11) is 1.55. The molecule has 2 aromatic rings. The molecule has 19 heavy (non-hydrogen) atoms. The first-order valence-electron chi connectivity index (χ1n) is 5.85. The first-order valence-corrected chi connectivity index (χ1v) is 5.85. The Bertz CT molecular complexity index is 558. The van der Waals surface area contributed by atoms with Gasteiger partial charge in [-0.15, -0.1) is 0 Å². The summed E-state index contributed by atoms with van der Waals surface area (Å²) in [5.41, 5.74) is 1.24. The standard InChI is InChI=1S/C14H15FN2O2/c1-9(12-5-4-11(18)7-13(12)15)17-10-3-6-14(19-2)16-8-10/h3-9,17-18H,1-2H3.